The minimum atomic E-state index is 0.916. The number of hydrogen-bond donors (Lipinski definition) is 0. The molecule has 120 valence electrons. The van der Waals surface area contributed by atoms with Gasteiger partial charge in [-0.1, -0.05) is 84.0 Å². The lowest BCUT2D eigenvalue weighted by Gasteiger charge is -2.20. The zero-order valence-electron chi connectivity index (χ0n) is 13.4. The standard InChI is InChI=1S/C17H34S3/c1-2-3-4-5-6-7-8-9-10-11-12-13-14-17-19-15-18-16-20-17/h17H,2-16H2,1H3. The van der Waals surface area contributed by atoms with E-state index in [1.54, 1.807) is 0 Å². The highest BCUT2D eigenvalue weighted by atomic mass is 32.3. The molecule has 0 aromatic rings. The molecule has 1 heterocycles. The van der Waals surface area contributed by atoms with Crippen LogP contribution in [0.5, 0.6) is 0 Å². The summed E-state index contributed by atoms with van der Waals surface area (Å²) in [7, 11) is 0. The van der Waals surface area contributed by atoms with Gasteiger partial charge in [0.1, 0.15) is 0 Å². The van der Waals surface area contributed by atoms with Gasteiger partial charge < -0.3 is 0 Å². The predicted molar refractivity (Wildman–Crippen MR) is 102 cm³/mol. The lowest BCUT2D eigenvalue weighted by molar-refractivity contribution is 0.542. The molecular weight excluding hydrogens is 300 g/mol. The Morgan fingerprint density at radius 3 is 1.60 bits per heavy atom. The van der Waals surface area contributed by atoms with Crippen LogP contribution in [-0.4, -0.2) is 14.8 Å². The lowest BCUT2D eigenvalue weighted by Crippen LogP contribution is -2.02. The van der Waals surface area contributed by atoms with Crippen LogP contribution in [0.3, 0.4) is 0 Å². The molecule has 1 saturated heterocycles. The van der Waals surface area contributed by atoms with Crippen LogP contribution in [0.2, 0.25) is 0 Å². The van der Waals surface area contributed by atoms with Gasteiger partial charge >= 0.3 is 0 Å². The second kappa shape index (κ2) is 15.0. The maximum absolute atomic E-state index is 2.30. The number of unbranched alkanes of at least 4 members (excludes halogenated alkanes) is 11. The molecule has 0 nitrogen and oxygen atoms in total. The summed E-state index contributed by atoms with van der Waals surface area (Å²) in [6.45, 7) is 2.30. The van der Waals surface area contributed by atoms with Crippen LogP contribution in [0.4, 0.5) is 0 Å². The van der Waals surface area contributed by atoms with E-state index in [2.05, 4.69) is 42.2 Å². The Bertz CT molecular complexity index is 191. The third-order valence-corrected chi connectivity index (χ3v) is 8.42. The molecule has 1 aliphatic heterocycles. The zero-order valence-corrected chi connectivity index (χ0v) is 15.9. The summed E-state index contributed by atoms with van der Waals surface area (Å²) in [5.74, 6) is 0. The summed E-state index contributed by atoms with van der Waals surface area (Å²) in [6.07, 6.45) is 19.0. The molecule has 0 spiro atoms. The van der Waals surface area contributed by atoms with E-state index in [-0.39, 0.29) is 0 Å². The molecule has 0 saturated carbocycles. The monoisotopic (exact) mass is 334 g/mol. The minimum Gasteiger partial charge on any atom is -0.140 e. The van der Waals surface area contributed by atoms with Gasteiger partial charge in [-0.2, -0.15) is 0 Å². The summed E-state index contributed by atoms with van der Waals surface area (Å²) < 4.78 is 0.916. The second-order valence-electron chi connectivity index (χ2n) is 5.88. The Hall–Kier alpha value is 1.05. The molecule has 3 heteroatoms. The highest BCUT2D eigenvalue weighted by Crippen LogP contribution is 2.38. The van der Waals surface area contributed by atoms with Gasteiger partial charge in [-0.3, -0.25) is 0 Å². The zero-order chi connectivity index (χ0) is 14.3. The van der Waals surface area contributed by atoms with Gasteiger partial charge in [0.05, 0.1) is 4.58 Å². The van der Waals surface area contributed by atoms with Crippen molar-refractivity contribution < 1.29 is 0 Å². The molecule has 0 N–H and O–H groups in total. The summed E-state index contributed by atoms with van der Waals surface area (Å²) >= 11 is 6.43. The predicted octanol–water partition coefficient (Wildman–Crippen LogP) is 7.53. The lowest BCUT2D eigenvalue weighted by atomic mass is 10.0. The molecule has 1 rings (SSSR count). The third-order valence-electron chi connectivity index (χ3n) is 3.97. The molecule has 1 fully saturated rings. The molecular formula is C17H34S3. The molecule has 0 aliphatic carbocycles. The SMILES string of the molecule is CCCCCCCCCCCCCCC1SCSCS1. The fraction of sp³-hybridized carbons (Fsp3) is 1.00. The summed E-state index contributed by atoms with van der Waals surface area (Å²) in [6, 6.07) is 0. The topological polar surface area (TPSA) is 0 Å². The van der Waals surface area contributed by atoms with Crippen LogP contribution in [-0.2, 0) is 0 Å². The first-order valence-electron chi connectivity index (χ1n) is 8.74. The third kappa shape index (κ3) is 11.7. The van der Waals surface area contributed by atoms with Crippen LogP contribution in [0.15, 0.2) is 0 Å². The van der Waals surface area contributed by atoms with E-state index in [4.69, 9.17) is 0 Å². The number of thioether (sulfide) groups is 3. The molecule has 0 amide bonds. The molecule has 0 aromatic carbocycles. The molecule has 0 unspecified atom stereocenters. The van der Waals surface area contributed by atoms with Gasteiger partial charge in [-0.05, 0) is 6.42 Å². The largest absolute Gasteiger partial charge is 0.140 e. The molecule has 0 atom stereocenters. The second-order valence-corrected chi connectivity index (χ2v) is 10.3. The van der Waals surface area contributed by atoms with E-state index in [1.807, 2.05) is 0 Å². The number of hydrogen-bond acceptors (Lipinski definition) is 3. The highest BCUT2D eigenvalue weighted by Gasteiger charge is 2.13. The van der Waals surface area contributed by atoms with E-state index in [0.29, 0.717) is 0 Å². The summed E-state index contributed by atoms with van der Waals surface area (Å²) in [4.78, 5) is 0. The molecule has 0 aromatic heterocycles. The minimum absolute atomic E-state index is 0.916. The van der Waals surface area contributed by atoms with Gasteiger partial charge in [0, 0.05) is 10.2 Å². The highest BCUT2D eigenvalue weighted by molar-refractivity contribution is 8.32. The van der Waals surface area contributed by atoms with Crippen LogP contribution in [0, 0.1) is 0 Å². The average molecular weight is 335 g/mol. The molecule has 0 radical (unpaired) electrons. The van der Waals surface area contributed by atoms with Crippen molar-refractivity contribution in [3.8, 4) is 0 Å². The van der Waals surface area contributed by atoms with Crippen molar-refractivity contribution in [1.29, 1.82) is 0 Å². The first kappa shape index (κ1) is 19.1. The summed E-state index contributed by atoms with van der Waals surface area (Å²) in [5, 5.41) is 2.66. The van der Waals surface area contributed by atoms with Crippen molar-refractivity contribution in [3.63, 3.8) is 0 Å². The van der Waals surface area contributed by atoms with E-state index >= 15 is 0 Å². The van der Waals surface area contributed by atoms with E-state index in [0.717, 1.165) is 4.58 Å². The fourth-order valence-corrected chi connectivity index (χ4v) is 7.57. The molecule has 0 bridgehead atoms. The molecule has 20 heavy (non-hydrogen) atoms. The van der Waals surface area contributed by atoms with Gasteiger partial charge in [0.25, 0.3) is 0 Å². The Morgan fingerprint density at radius 1 is 0.650 bits per heavy atom. The Labute approximate surface area is 140 Å². The van der Waals surface area contributed by atoms with Crippen molar-refractivity contribution in [3.05, 3.63) is 0 Å². The van der Waals surface area contributed by atoms with Crippen molar-refractivity contribution in [2.24, 2.45) is 0 Å². The van der Waals surface area contributed by atoms with Crippen LogP contribution >= 0.6 is 35.3 Å². The Balaban J connectivity index is 1.70. The normalized spacial score (nSPS) is 16.6. The smallest absolute Gasteiger partial charge is 0.0519 e. The number of rotatable bonds is 13. The Kier molecular flexibility index (Phi) is 14.3. The maximum atomic E-state index is 2.30. The fourth-order valence-electron chi connectivity index (χ4n) is 2.65. The Morgan fingerprint density at radius 2 is 1.10 bits per heavy atom. The average Bonchev–Trinajstić information content (AvgIpc) is 2.49. The van der Waals surface area contributed by atoms with Crippen LogP contribution < -0.4 is 0 Å². The van der Waals surface area contributed by atoms with Crippen molar-refractivity contribution in [2.45, 2.75) is 95.0 Å². The van der Waals surface area contributed by atoms with Crippen molar-refractivity contribution >= 4 is 35.3 Å². The van der Waals surface area contributed by atoms with Gasteiger partial charge in [-0.15, -0.1) is 35.3 Å². The molecule has 1 aliphatic rings. The van der Waals surface area contributed by atoms with Crippen LogP contribution in [0.25, 0.3) is 0 Å². The van der Waals surface area contributed by atoms with Gasteiger partial charge in [-0.25, -0.2) is 0 Å². The van der Waals surface area contributed by atoms with E-state index in [9.17, 15) is 0 Å². The first-order chi connectivity index (χ1) is 9.93. The quantitative estimate of drug-likeness (QED) is 0.319. The summed E-state index contributed by atoms with van der Waals surface area (Å²) in [5.41, 5.74) is 0. The van der Waals surface area contributed by atoms with E-state index < -0.39 is 0 Å². The van der Waals surface area contributed by atoms with Gasteiger partial charge in [0.2, 0.25) is 0 Å². The van der Waals surface area contributed by atoms with E-state index in [1.165, 1.54) is 93.6 Å². The maximum Gasteiger partial charge on any atom is 0.0519 e. The van der Waals surface area contributed by atoms with Crippen molar-refractivity contribution in [1.82, 2.24) is 0 Å². The first-order valence-corrected chi connectivity index (χ1v) is 12.0. The van der Waals surface area contributed by atoms with Crippen LogP contribution in [0.1, 0.15) is 90.4 Å². The van der Waals surface area contributed by atoms with Crippen molar-refractivity contribution in [2.75, 3.05) is 10.2 Å². The van der Waals surface area contributed by atoms with Gasteiger partial charge in [0.15, 0.2) is 0 Å².